The Kier molecular flexibility index (Phi) is 6.26. The summed E-state index contributed by atoms with van der Waals surface area (Å²) in [6, 6.07) is 7.70. The number of nitrogens with one attached hydrogen (secondary N) is 1. The van der Waals surface area contributed by atoms with Crippen LogP contribution in [-0.4, -0.2) is 39.4 Å². The van der Waals surface area contributed by atoms with E-state index in [9.17, 15) is 9.59 Å². The monoisotopic (exact) mass is 425 g/mol. The van der Waals surface area contributed by atoms with Gasteiger partial charge in [0.1, 0.15) is 17.0 Å². The molecule has 1 fully saturated rings. The molecule has 0 saturated heterocycles. The second kappa shape index (κ2) is 8.93. The van der Waals surface area contributed by atoms with Gasteiger partial charge in [-0.05, 0) is 56.4 Å². The standard InChI is InChI=1S/C25H35N3O3/c1-18(2)14-15-28-23(29)21-13-12-20(22-11-8-16-31-22)27(21)17-25(28,3)24(30)26-19-9-6-4-5-7-10-19/h8,11-13,16,18-19H,4-7,9-10,14-15,17H2,1-3H3,(H,26,30)/t25-/m1/s1. The van der Waals surface area contributed by atoms with E-state index in [1.54, 1.807) is 11.2 Å². The molecule has 6 heteroatoms. The van der Waals surface area contributed by atoms with Crippen LogP contribution < -0.4 is 5.32 Å². The largest absolute Gasteiger partial charge is 0.463 e. The lowest BCUT2D eigenvalue weighted by atomic mass is 9.92. The molecule has 0 radical (unpaired) electrons. The van der Waals surface area contributed by atoms with Gasteiger partial charge in [0, 0.05) is 12.6 Å². The lowest BCUT2D eigenvalue weighted by Gasteiger charge is -2.45. The minimum atomic E-state index is -0.939. The van der Waals surface area contributed by atoms with Gasteiger partial charge in [-0.25, -0.2) is 0 Å². The summed E-state index contributed by atoms with van der Waals surface area (Å²) in [6.07, 6.45) is 9.33. The molecule has 0 spiro atoms. The van der Waals surface area contributed by atoms with Gasteiger partial charge in [0.05, 0.1) is 18.5 Å². The number of carbonyl (C=O) groups is 2. The molecule has 1 atom stereocenters. The van der Waals surface area contributed by atoms with Crippen molar-refractivity contribution in [1.82, 2.24) is 14.8 Å². The molecule has 1 saturated carbocycles. The number of rotatable bonds is 6. The Morgan fingerprint density at radius 3 is 2.52 bits per heavy atom. The first kappa shape index (κ1) is 21.7. The molecule has 1 aliphatic heterocycles. The first-order valence-corrected chi connectivity index (χ1v) is 11.8. The second-order valence-corrected chi connectivity index (χ2v) is 9.74. The lowest BCUT2D eigenvalue weighted by molar-refractivity contribution is -0.133. The number of amides is 2. The zero-order chi connectivity index (χ0) is 22.0. The quantitative estimate of drug-likeness (QED) is 0.673. The van der Waals surface area contributed by atoms with Gasteiger partial charge in [0.2, 0.25) is 5.91 Å². The van der Waals surface area contributed by atoms with Gasteiger partial charge >= 0.3 is 0 Å². The zero-order valence-corrected chi connectivity index (χ0v) is 19.0. The Hall–Kier alpha value is -2.50. The van der Waals surface area contributed by atoms with Crippen molar-refractivity contribution in [3.63, 3.8) is 0 Å². The third-order valence-corrected chi connectivity index (χ3v) is 6.89. The summed E-state index contributed by atoms with van der Waals surface area (Å²) in [7, 11) is 0. The van der Waals surface area contributed by atoms with Crippen molar-refractivity contribution in [2.24, 2.45) is 5.92 Å². The van der Waals surface area contributed by atoms with Crippen LogP contribution in [0.3, 0.4) is 0 Å². The van der Waals surface area contributed by atoms with Gasteiger partial charge < -0.3 is 19.2 Å². The van der Waals surface area contributed by atoms with Crippen LogP contribution in [0.4, 0.5) is 0 Å². The van der Waals surface area contributed by atoms with Crippen molar-refractivity contribution in [3.8, 4) is 11.5 Å². The van der Waals surface area contributed by atoms with Gasteiger partial charge in [-0.15, -0.1) is 0 Å². The maximum absolute atomic E-state index is 13.7. The topological polar surface area (TPSA) is 67.5 Å². The van der Waals surface area contributed by atoms with Crippen molar-refractivity contribution in [2.75, 3.05) is 6.54 Å². The van der Waals surface area contributed by atoms with Gasteiger partial charge in [0.25, 0.3) is 5.91 Å². The van der Waals surface area contributed by atoms with Crippen LogP contribution in [-0.2, 0) is 11.3 Å². The van der Waals surface area contributed by atoms with E-state index in [0.29, 0.717) is 30.5 Å². The fourth-order valence-electron chi connectivity index (χ4n) is 4.91. The highest BCUT2D eigenvalue weighted by Gasteiger charge is 2.48. The Bertz CT molecular complexity index is 907. The molecule has 3 heterocycles. The Labute approximate surface area is 185 Å². The molecule has 2 aromatic rings. The molecule has 1 aliphatic carbocycles. The summed E-state index contributed by atoms with van der Waals surface area (Å²) in [6.45, 7) is 7.22. The van der Waals surface area contributed by atoms with E-state index in [2.05, 4.69) is 19.2 Å². The number of carbonyl (C=O) groups excluding carboxylic acids is 2. The van der Waals surface area contributed by atoms with Crippen molar-refractivity contribution in [2.45, 2.75) is 83.8 Å². The summed E-state index contributed by atoms with van der Waals surface area (Å²) >= 11 is 0. The summed E-state index contributed by atoms with van der Waals surface area (Å²) in [5.41, 5.74) is 0.520. The van der Waals surface area contributed by atoms with E-state index in [4.69, 9.17) is 4.42 Å². The summed E-state index contributed by atoms with van der Waals surface area (Å²) in [4.78, 5) is 29.1. The van der Waals surface area contributed by atoms with Gasteiger partial charge in [-0.3, -0.25) is 9.59 Å². The number of aromatic nitrogens is 1. The van der Waals surface area contributed by atoms with E-state index in [1.807, 2.05) is 35.8 Å². The van der Waals surface area contributed by atoms with Crippen LogP contribution in [0.2, 0.25) is 0 Å². The summed E-state index contributed by atoms with van der Waals surface area (Å²) in [5.74, 6) is 1.04. The smallest absolute Gasteiger partial charge is 0.271 e. The molecule has 2 aromatic heterocycles. The number of hydrogen-bond acceptors (Lipinski definition) is 3. The highest BCUT2D eigenvalue weighted by atomic mass is 16.3. The van der Waals surface area contributed by atoms with Crippen LogP contribution in [0.5, 0.6) is 0 Å². The fourth-order valence-corrected chi connectivity index (χ4v) is 4.91. The molecule has 1 N–H and O–H groups in total. The molecule has 0 bridgehead atoms. The van der Waals surface area contributed by atoms with E-state index in [1.165, 1.54) is 12.8 Å². The first-order valence-electron chi connectivity index (χ1n) is 11.8. The highest BCUT2D eigenvalue weighted by molar-refractivity contribution is 6.00. The third kappa shape index (κ3) is 4.30. The van der Waals surface area contributed by atoms with Gasteiger partial charge in [-0.2, -0.15) is 0 Å². The molecule has 2 aliphatic rings. The average molecular weight is 426 g/mol. The molecule has 0 aromatic carbocycles. The Morgan fingerprint density at radius 1 is 1.16 bits per heavy atom. The maximum Gasteiger partial charge on any atom is 0.271 e. The van der Waals surface area contributed by atoms with Crippen molar-refractivity contribution in [3.05, 3.63) is 36.2 Å². The predicted octanol–water partition coefficient (Wildman–Crippen LogP) is 4.85. The van der Waals surface area contributed by atoms with Gasteiger partial charge in [-0.1, -0.05) is 39.5 Å². The van der Waals surface area contributed by atoms with E-state index in [-0.39, 0.29) is 17.9 Å². The van der Waals surface area contributed by atoms with Crippen LogP contribution in [0.1, 0.15) is 76.2 Å². The summed E-state index contributed by atoms with van der Waals surface area (Å²) in [5, 5.41) is 3.31. The molecule has 31 heavy (non-hydrogen) atoms. The van der Waals surface area contributed by atoms with Crippen LogP contribution in [0.25, 0.3) is 11.5 Å². The molecule has 2 amide bonds. The molecule has 0 unspecified atom stereocenters. The van der Waals surface area contributed by atoms with E-state index < -0.39 is 5.54 Å². The molecular formula is C25H35N3O3. The van der Waals surface area contributed by atoms with Crippen molar-refractivity contribution >= 4 is 11.8 Å². The Morgan fingerprint density at radius 2 is 1.87 bits per heavy atom. The van der Waals surface area contributed by atoms with Crippen molar-refractivity contribution in [1.29, 1.82) is 0 Å². The normalized spacial score (nSPS) is 22.5. The maximum atomic E-state index is 13.7. The highest BCUT2D eigenvalue weighted by Crippen LogP contribution is 2.34. The van der Waals surface area contributed by atoms with Crippen LogP contribution >= 0.6 is 0 Å². The Balaban J connectivity index is 1.66. The second-order valence-electron chi connectivity index (χ2n) is 9.74. The molecular weight excluding hydrogens is 390 g/mol. The number of nitrogens with zero attached hydrogens (tertiary/aromatic N) is 2. The fraction of sp³-hybridized carbons (Fsp3) is 0.600. The third-order valence-electron chi connectivity index (χ3n) is 6.89. The average Bonchev–Trinajstić information content (AvgIpc) is 3.32. The van der Waals surface area contributed by atoms with Crippen LogP contribution in [0.15, 0.2) is 34.9 Å². The van der Waals surface area contributed by atoms with Crippen molar-refractivity contribution < 1.29 is 14.0 Å². The van der Waals surface area contributed by atoms with E-state index in [0.717, 1.165) is 37.8 Å². The number of hydrogen-bond donors (Lipinski definition) is 1. The molecule has 6 nitrogen and oxygen atoms in total. The zero-order valence-electron chi connectivity index (χ0n) is 19.0. The molecule has 168 valence electrons. The SMILES string of the molecule is CC(C)CCN1C(=O)c2ccc(-c3ccco3)n2C[C@]1(C)C(=O)NC1CCCCCC1. The van der Waals surface area contributed by atoms with Gasteiger partial charge in [0.15, 0.2) is 0 Å². The van der Waals surface area contributed by atoms with E-state index >= 15 is 0 Å². The summed E-state index contributed by atoms with van der Waals surface area (Å²) < 4.78 is 7.56. The minimum absolute atomic E-state index is 0.0405. The molecule has 4 rings (SSSR count). The first-order chi connectivity index (χ1) is 14.9. The number of furan rings is 1. The number of fused-ring (bicyclic) bond motifs is 1. The predicted molar refractivity (Wildman–Crippen MR) is 121 cm³/mol. The minimum Gasteiger partial charge on any atom is -0.463 e. The lowest BCUT2D eigenvalue weighted by Crippen LogP contribution is -2.65. The van der Waals surface area contributed by atoms with Crippen LogP contribution in [0, 0.1) is 5.92 Å².